The Morgan fingerprint density at radius 3 is 1.77 bits per heavy atom. The Morgan fingerprint density at radius 2 is 1.21 bits per heavy atom. The van der Waals surface area contributed by atoms with Crippen LogP contribution < -0.4 is 24.8 Å². The second-order valence-corrected chi connectivity index (χ2v) is 8.67. The van der Waals surface area contributed by atoms with Crippen LogP contribution in [0.2, 0.25) is 0 Å². The first-order valence-corrected chi connectivity index (χ1v) is 12.9. The van der Waals surface area contributed by atoms with Crippen LogP contribution in [0.25, 0.3) is 11.1 Å². The topological polar surface area (TPSA) is 85.9 Å². The minimum atomic E-state index is -0.782. The monoisotopic (exact) mass is 524 g/mol. The molecule has 0 aromatic heterocycles. The van der Waals surface area contributed by atoms with E-state index in [9.17, 15) is 9.59 Å². The highest BCUT2D eigenvalue weighted by atomic mass is 16.5. The lowest BCUT2D eigenvalue weighted by atomic mass is 10.1. The van der Waals surface area contributed by atoms with Gasteiger partial charge in [0.25, 0.3) is 11.8 Å². The molecule has 0 heterocycles. The number of carbonyl (C=O) groups excluding carboxylic acids is 2. The Labute approximate surface area is 228 Å². The number of hydrogen-bond donors (Lipinski definition) is 2. The summed E-state index contributed by atoms with van der Waals surface area (Å²) in [6.45, 7) is 6.10. The van der Waals surface area contributed by atoms with Crippen molar-refractivity contribution in [1.82, 2.24) is 0 Å². The third-order valence-electron chi connectivity index (χ3n) is 5.87. The lowest BCUT2D eigenvalue weighted by Gasteiger charge is -2.19. The molecule has 4 aromatic carbocycles. The maximum atomic E-state index is 13.1. The van der Waals surface area contributed by atoms with E-state index in [1.165, 1.54) is 0 Å². The van der Waals surface area contributed by atoms with Crippen LogP contribution in [0.15, 0.2) is 97.1 Å². The number of nitrogens with one attached hydrogen (secondary N) is 2. The maximum absolute atomic E-state index is 13.1. The Bertz CT molecular complexity index is 1390. The molecular formula is C32H32N2O5. The van der Waals surface area contributed by atoms with Gasteiger partial charge in [0.05, 0.1) is 24.6 Å². The summed E-state index contributed by atoms with van der Waals surface area (Å²) in [5.74, 6) is 0.752. The van der Waals surface area contributed by atoms with E-state index < -0.39 is 6.10 Å². The predicted molar refractivity (Wildman–Crippen MR) is 154 cm³/mol. The van der Waals surface area contributed by atoms with Gasteiger partial charge in [0.15, 0.2) is 6.10 Å². The molecule has 7 heteroatoms. The summed E-state index contributed by atoms with van der Waals surface area (Å²) in [5, 5.41) is 5.76. The first-order valence-electron chi connectivity index (χ1n) is 12.9. The van der Waals surface area contributed by atoms with Crippen molar-refractivity contribution in [3.63, 3.8) is 0 Å². The predicted octanol–water partition coefficient (Wildman–Crippen LogP) is 6.81. The van der Waals surface area contributed by atoms with Crippen LogP contribution in [0.3, 0.4) is 0 Å². The maximum Gasteiger partial charge on any atom is 0.265 e. The summed E-state index contributed by atoms with van der Waals surface area (Å²) in [6, 6.07) is 29.8. The second kappa shape index (κ2) is 13.1. The number of amides is 2. The summed E-state index contributed by atoms with van der Waals surface area (Å²) in [5.41, 5.74) is 3.53. The number of carbonyl (C=O) groups is 2. The van der Waals surface area contributed by atoms with Crippen molar-refractivity contribution in [2.24, 2.45) is 0 Å². The largest absolute Gasteiger partial charge is 0.492 e. The molecule has 39 heavy (non-hydrogen) atoms. The van der Waals surface area contributed by atoms with Crippen LogP contribution in [0.4, 0.5) is 11.4 Å². The van der Waals surface area contributed by atoms with Gasteiger partial charge >= 0.3 is 0 Å². The third kappa shape index (κ3) is 7.17. The number of benzene rings is 4. The molecular weight excluding hydrogens is 492 g/mol. The lowest BCUT2D eigenvalue weighted by molar-refractivity contribution is -0.122. The van der Waals surface area contributed by atoms with Crippen molar-refractivity contribution in [3.05, 3.63) is 103 Å². The van der Waals surface area contributed by atoms with E-state index in [0.29, 0.717) is 47.4 Å². The average molecular weight is 525 g/mol. The molecule has 0 saturated heterocycles. The van der Waals surface area contributed by atoms with Gasteiger partial charge in [-0.1, -0.05) is 60.7 Å². The second-order valence-electron chi connectivity index (χ2n) is 8.67. The van der Waals surface area contributed by atoms with E-state index in [1.807, 2.05) is 74.5 Å². The van der Waals surface area contributed by atoms with Crippen LogP contribution >= 0.6 is 0 Å². The van der Waals surface area contributed by atoms with Crippen LogP contribution in [-0.4, -0.2) is 31.1 Å². The minimum Gasteiger partial charge on any atom is -0.492 e. The van der Waals surface area contributed by atoms with Gasteiger partial charge in [-0.25, -0.2) is 0 Å². The van der Waals surface area contributed by atoms with Crippen molar-refractivity contribution < 1.29 is 23.8 Å². The summed E-state index contributed by atoms with van der Waals surface area (Å²) in [6.07, 6.45) is -0.782. The highest BCUT2D eigenvalue weighted by Crippen LogP contribution is 2.37. The molecule has 4 aromatic rings. The van der Waals surface area contributed by atoms with E-state index >= 15 is 0 Å². The highest BCUT2D eigenvalue weighted by molar-refractivity contribution is 6.05. The number of ether oxygens (including phenoxy) is 3. The first-order chi connectivity index (χ1) is 19.0. The van der Waals surface area contributed by atoms with E-state index in [0.717, 1.165) is 11.1 Å². The summed E-state index contributed by atoms with van der Waals surface area (Å²) in [7, 11) is 0. The summed E-state index contributed by atoms with van der Waals surface area (Å²) >= 11 is 0. The standard InChI is InChI=1S/C32H32N2O5/c1-4-37-29-21-28(34-32(36)25-14-10-7-11-15-25)30(38-5-2)20-27(29)33-31(35)22(3)39-26-18-16-24(17-19-26)23-12-8-6-9-13-23/h6-22H,4-5H2,1-3H3,(H,33,35)(H,34,36). The van der Waals surface area contributed by atoms with Gasteiger partial charge in [-0.3, -0.25) is 9.59 Å². The smallest absolute Gasteiger partial charge is 0.265 e. The zero-order chi connectivity index (χ0) is 27.6. The van der Waals surface area contributed by atoms with E-state index in [2.05, 4.69) is 10.6 Å². The molecule has 0 fully saturated rings. The zero-order valence-corrected chi connectivity index (χ0v) is 22.3. The Balaban J connectivity index is 1.49. The Morgan fingerprint density at radius 1 is 0.692 bits per heavy atom. The highest BCUT2D eigenvalue weighted by Gasteiger charge is 2.20. The summed E-state index contributed by atoms with van der Waals surface area (Å²) < 4.78 is 17.5. The molecule has 0 saturated carbocycles. The summed E-state index contributed by atoms with van der Waals surface area (Å²) in [4.78, 5) is 25.8. The zero-order valence-electron chi connectivity index (χ0n) is 22.3. The van der Waals surface area contributed by atoms with Crippen molar-refractivity contribution in [2.45, 2.75) is 26.9 Å². The number of anilines is 2. The number of hydrogen-bond acceptors (Lipinski definition) is 5. The van der Waals surface area contributed by atoms with Crippen molar-refractivity contribution in [1.29, 1.82) is 0 Å². The number of rotatable bonds is 11. The Hall–Kier alpha value is -4.78. The van der Waals surface area contributed by atoms with Crippen LogP contribution in [0.5, 0.6) is 17.2 Å². The molecule has 2 amide bonds. The molecule has 0 aliphatic rings. The van der Waals surface area contributed by atoms with Crippen molar-refractivity contribution in [2.75, 3.05) is 23.8 Å². The fourth-order valence-electron chi connectivity index (χ4n) is 3.94. The Kier molecular flexibility index (Phi) is 9.19. The molecule has 0 aliphatic carbocycles. The normalized spacial score (nSPS) is 11.3. The fraction of sp³-hybridized carbons (Fsp3) is 0.188. The fourth-order valence-corrected chi connectivity index (χ4v) is 3.94. The van der Waals surface area contributed by atoms with Gasteiger partial charge in [-0.2, -0.15) is 0 Å². The van der Waals surface area contributed by atoms with Crippen LogP contribution in [-0.2, 0) is 4.79 Å². The van der Waals surface area contributed by atoms with Gasteiger partial charge in [0.2, 0.25) is 0 Å². The first kappa shape index (κ1) is 27.3. The molecule has 0 bridgehead atoms. The molecule has 1 atom stereocenters. The molecule has 0 aliphatic heterocycles. The SMILES string of the molecule is CCOc1cc(NC(=O)C(C)Oc2ccc(-c3ccccc3)cc2)c(OCC)cc1NC(=O)c1ccccc1. The molecule has 2 N–H and O–H groups in total. The van der Waals surface area contributed by atoms with Gasteiger partial charge in [-0.15, -0.1) is 0 Å². The third-order valence-corrected chi connectivity index (χ3v) is 5.87. The molecule has 0 radical (unpaired) electrons. The minimum absolute atomic E-state index is 0.281. The van der Waals surface area contributed by atoms with E-state index in [1.54, 1.807) is 43.3 Å². The van der Waals surface area contributed by atoms with Gasteiger partial charge in [0.1, 0.15) is 17.2 Å². The molecule has 4 rings (SSSR count). The van der Waals surface area contributed by atoms with Crippen LogP contribution in [0.1, 0.15) is 31.1 Å². The van der Waals surface area contributed by atoms with Gasteiger partial charge in [-0.05, 0) is 56.2 Å². The van der Waals surface area contributed by atoms with Crippen molar-refractivity contribution >= 4 is 23.2 Å². The van der Waals surface area contributed by atoms with E-state index in [4.69, 9.17) is 14.2 Å². The van der Waals surface area contributed by atoms with Gasteiger partial charge < -0.3 is 24.8 Å². The van der Waals surface area contributed by atoms with Crippen LogP contribution in [0, 0.1) is 0 Å². The molecule has 7 nitrogen and oxygen atoms in total. The molecule has 0 spiro atoms. The molecule has 1 unspecified atom stereocenters. The average Bonchev–Trinajstić information content (AvgIpc) is 2.96. The van der Waals surface area contributed by atoms with Gasteiger partial charge in [0, 0.05) is 17.7 Å². The quantitative estimate of drug-likeness (QED) is 0.225. The lowest BCUT2D eigenvalue weighted by Crippen LogP contribution is -2.30. The molecule has 200 valence electrons. The van der Waals surface area contributed by atoms with Crippen molar-refractivity contribution in [3.8, 4) is 28.4 Å². The van der Waals surface area contributed by atoms with E-state index in [-0.39, 0.29) is 11.8 Å².